The van der Waals surface area contributed by atoms with Crippen molar-refractivity contribution in [2.24, 2.45) is 5.92 Å². The first kappa shape index (κ1) is 22.4. The van der Waals surface area contributed by atoms with E-state index in [0.717, 1.165) is 19.3 Å². The van der Waals surface area contributed by atoms with E-state index in [9.17, 15) is 13.2 Å². The summed E-state index contributed by atoms with van der Waals surface area (Å²) in [6, 6.07) is 5.08. The van der Waals surface area contributed by atoms with Crippen LogP contribution in [0.1, 0.15) is 64.2 Å². The molecule has 31 heavy (non-hydrogen) atoms. The van der Waals surface area contributed by atoms with Crippen molar-refractivity contribution in [1.29, 1.82) is 0 Å². The second kappa shape index (κ2) is 10.2. The fraction of sp³-hybridized carbons (Fsp3) is 0.696. The van der Waals surface area contributed by atoms with Crippen molar-refractivity contribution in [3.8, 4) is 11.5 Å². The Labute approximate surface area is 185 Å². The molecule has 2 heterocycles. The van der Waals surface area contributed by atoms with Crippen LogP contribution in [0.3, 0.4) is 0 Å². The van der Waals surface area contributed by atoms with Crippen LogP contribution in [0, 0.1) is 5.92 Å². The van der Waals surface area contributed by atoms with Gasteiger partial charge in [-0.15, -0.1) is 0 Å². The molecule has 1 saturated heterocycles. The minimum Gasteiger partial charge on any atom is -0.490 e. The van der Waals surface area contributed by atoms with E-state index in [2.05, 4.69) is 5.32 Å². The highest BCUT2D eigenvalue weighted by molar-refractivity contribution is 7.89. The number of carbonyl (C=O) groups is 1. The Hall–Kier alpha value is -1.80. The number of nitrogens with one attached hydrogen (secondary N) is 1. The van der Waals surface area contributed by atoms with E-state index >= 15 is 0 Å². The number of benzene rings is 1. The van der Waals surface area contributed by atoms with Crippen molar-refractivity contribution in [2.45, 2.75) is 75.1 Å². The van der Waals surface area contributed by atoms with Gasteiger partial charge in [-0.3, -0.25) is 4.79 Å². The first-order chi connectivity index (χ1) is 15.0. The van der Waals surface area contributed by atoms with Gasteiger partial charge in [0.05, 0.1) is 18.1 Å². The number of carbonyl (C=O) groups excluding carboxylic acids is 1. The number of nitrogens with zero attached hydrogens (tertiary/aromatic N) is 1. The highest BCUT2D eigenvalue weighted by Gasteiger charge is 2.33. The summed E-state index contributed by atoms with van der Waals surface area (Å²) in [5.74, 6) is 1.05. The zero-order valence-electron chi connectivity index (χ0n) is 18.2. The third-order valence-electron chi connectivity index (χ3n) is 6.63. The van der Waals surface area contributed by atoms with Gasteiger partial charge in [0.2, 0.25) is 15.9 Å². The van der Waals surface area contributed by atoms with E-state index < -0.39 is 10.0 Å². The van der Waals surface area contributed by atoms with Crippen LogP contribution in [-0.2, 0) is 14.8 Å². The largest absolute Gasteiger partial charge is 0.490 e. The van der Waals surface area contributed by atoms with Crippen LogP contribution in [-0.4, -0.2) is 51.0 Å². The predicted octanol–water partition coefficient (Wildman–Crippen LogP) is 3.48. The molecule has 1 aliphatic carbocycles. The third-order valence-corrected chi connectivity index (χ3v) is 8.53. The summed E-state index contributed by atoms with van der Waals surface area (Å²) in [6.45, 7) is 1.80. The van der Waals surface area contributed by atoms with Gasteiger partial charge in [0, 0.05) is 37.5 Å². The number of rotatable bonds is 4. The van der Waals surface area contributed by atoms with E-state index in [0.29, 0.717) is 50.6 Å². The normalized spacial score (nSPS) is 22.2. The van der Waals surface area contributed by atoms with Gasteiger partial charge < -0.3 is 14.8 Å². The van der Waals surface area contributed by atoms with Crippen LogP contribution >= 0.6 is 0 Å². The Bertz CT molecular complexity index is 857. The van der Waals surface area contributed by atoms with Crippen LogP contribution in [0.2, 0.25) is 0 Å². The molecule has 2 fully saturated rings. The molecule has 0 spiro atoms. The lowest BCUT2D eigenvalue weighted by Gasteiger charge is -2.32. The van der Waals surface area contributed by atoms with Crippen LogP contribution in [0.15, 0.2) is 23.1 Å². The van der Waals surface area contributed by atoms with E-state index in [1.165, 1.54) is 36.4 Å². The van der Waals surface area contributed by atoms with Crippen molar-refractivity contribution in [1.82, 2.24) is 9.62 Å². The van der Waals surface area contributed by atoms with E-state index in [-0.39, 0.29) is 22.8 Å². The van der Waals surface area contributed by atoms with Gasteiger partial charge in [0.1, 0.15) is 0 Å². The fourth-order valence-corrected chi connectivity index (χ4v) is 6.22. The fourth-order valence-electron chi connectivity index (χ4n) is 4.73. The molecule has 2 aliphatic heterocycles. The molecule has 172 valence electrons. The maximum absolute atomic E-state index is 13.2. The van der Waals surface area contributed by atoms with Gasteiger partial charge in [-0.2, -0.15) is 4.31 Å². The molecule has 0 radical (unpaired) electrons. The summed E-state index contributed by atoms with van der Waals surface area (Å²) in [5.41, 5.74) is 0. The summed E-state index contributed by atoms with van der Waals surface area (Å²) in [4.78, 5) is 13.0. The molecular formula is C23H34N2O5S. The number of piperidine rings is 1. The average Bonchev–Trinajstić information content (AvgIpc) is 3.00. The number of fused-ring (bicyclic) bond motifs is 1. The van der Waals surface area contributed by atoms with Gasteiger partial charge in [-0.25, -0.2) is 8.42 Å². The predicted molar refractivity (Wildman–Crippen MR) is 118 cm³/mol. The molecule has 7 nitrogen and oxygen atoms in total. The van der Waals surface area contributed by atoms with Crippen molar-refractivity contribution in [3.63, 3.8) is 0 Å². The highest BCUT2D eigenvalue weighted by Crippen LogP contribution is 2.34. The second-order valence-electron chi connectivity index (χ2n) is 8.89. The van der Waals surface area contributed by atoms with Crippen molar-refractivity contribution in [3.05, 3.63) is 18.2 Å². The molecule has 1 N–H and O–H groups in total. The molecule has 0 atom stereocenters. The van der Waals surface area contributed by atoms with Crippen LogP contribution in [0.25, 0.3) is 0 Å². The topological polar surface area (TPSA) is 84.9 Å². The molecule has 0 unspecified atom stereocenters. The standard InChI is InChI=1S/C23H34N2O5S/c26-23(24-19-7-4-2-1-3-5-8-19)18-11-13-25(14-12-18)31(27,28)20-9-10-21-22(17-20)30-16-6-15-29-21/h9-10,17-19H,1-8,11-16H2,(H,24,26). The molecule has 1 aromatic carbocycles. The summed E-state index contributed by atoms with van der Waals surface area (Å²) in [7, 11) is -3.63. The highest BCUT2D eigenvalue weighted by atomic mass is 32.2. The van der Waals surface area contributed by atoms with Crippen molar-refractivity contribution < 1.29 is 22.7 Å². The van der Waals surface area contributed by atoms with Gasteiger partial charge in [0.25, 0.3) is 0 Å². The van der Waals surface area contributed by atoms with Crippen LogP contribution in [0.5, 0.6) is 11.5 Å². The zero-order chi connectivity index (χ0) is 21.7. The van der Waals surface area contributed by atoms with Gasteiger partial charge >= 0.3 is 0 Å². The number of sulfonamides is 1. The molecule has 1 aromatic rings. The Morgan fingerprint density at radius 1 is 0.871 bits per heavy atom. The average molecular weight is 451 g/mol. The Morgan fingerprint density at radius 2 is 1.52 bits per heavy atom. The lowest BCUT2D eigenvalue weighted by Crippen LogP contribution is -2.45. The molecule has 4 rings (SSSR count). The molecular weight excluding hydrogens is 416 g/mol. The summed E-state index contributed by atoms with van der Waals surface area (Å²) in [6.07, 6.45) is 10.2. The van der Waals surface area contributed by atoms with Gasteiger partial charge in [0.15, 0.2) is 11.5 Å². The minimum absolute atomic E-state index is 0.0956. The molecule has 1 saturated carbocycles. The minimum atomic E-state index is -3.63. The number of amides is 1. The summed E-state index contributed by atoms with van der Waals surface area (Å²) < 4.78 is 39.0. The smallest absolute Gasteiger partial charge is 0.243 e. The SMILES string of the molecule is O=C(NC1CCCCCCC1)C1CCN(S(=O)(=O)c2ccc3c(c2)OCCCO3)CC1. The molecule has 0 bridgehead atoms. The Balaban J connectivity index is 1.34. The molecule has 1 amide bonds. The van der Waals surface area contributed by atoms with Gasteiger partial charge in [-0.1, -0.05) is 32.1 Å². The molecule has 8 heteroatoms. The monoisotopic (exact) mass is 450 g/mol. The number of hydrogen-bond acceptors (Lipinski definition) is 5. The lowest BCUT2D eigenvalue weighted by atomic mass is 9.94. The maximum atomic E-state index is 13.2. The van der Waals surface area contributed by atoms with E-state index in [1.54, 1.807) is 18.2 Å². The first-order valence-corrected chi connectivity index (χ1v) is 13.2. The van der Waals surface area contributed by atoms with Crippen molar-refractivity contribution in [2.75, 3.05) is 26.3 Å². The van der Waals surface area contributed by atoms with Crippen LogP contribution in [0.4, 0.5) is 0 Å². The first-order valence-electron chi connectivity index (χ1n) is 11.7. The van der Waals surface area contributed by atoms with Gasteiger partial charge in [-0.05, 0) is 37.8 Å². The quantitative estimate of drug-likeness (QED) is 0.759. The second-order valence-corrected chi connectivity index (χ2v) is 10.8. The van der Waals surface area contributed by atoms with Crippen LogP contribution < -0.4 is 14.8 Å². The summed E-state index contributed by atoms with van der Waals surface area (Å²) in [5, 5.41) is 3.24. The van der Waals surface area contributed by atoms with Crippen molar-refractivity contribution >= 4 is 15.9 Å². The van der Waals surface area contributed by atoms with E-state index in [1.807, 2.05) is 0 Å². The maximum Gasteiger partial charge on any atom is 0.243 e. The summed E-state index contributed by atoms with van der Waals surface area (Å²) >= 11 is 0. The zero-order valence-corrected chi connectivity index (χ0v) is 19.0. The lowest BCUT2D eigenvalue weighted by molar-refractivity contribution is -0.127. The third kappa shape index (κ3) is 5.52. The number of ether oxygens (including phenoxy) is 2. The number of hydrogen-bond donors (Lipinski definition) is 1. The van der Waals surface area contributed by atoms with E-state index in [4.69, 9.17) is 9.47 Å². The molecule has 3 aliphatic rings. The Kier molecular flexibility index (Phi) is 7.38. The molecule has 0 aromatic heterocycles. The Morgan fingerprint density at radius 3 is 2.23 bits per heavy atom.